The summed E-state index contributed by atoms with van der Waals surface area (Å²) < 4.78 is 40.9. The van der Waals surface area contributed by atoms with Gasteiger partial charge in [-0.2, -0.15) is 18.3 Å². The lowest BCUT2D eigenvalue weighted by Gasteiger charge is -2.39. The van der Waals surface area contributed by atoms with Crippen LogP contribution in [0.3, 0.4) is 0 Å². The lowest BCUT2D eigenvalue weighted by atomic mass is 9.95. The standard InChI is InChI=1S/C16H23F3N4O/c1-15(2)10-22(8-7-20-15)13(24)9-23-12-6-4-3-5-11(12)14(21-23)16(17,18)19/h20H,3-10H2,1-2H3. The predicted molar refractivity (Wildman–Crippen MR) is 82.5 cm³/mol. The summed E-state index contributed by atoms with van der Waals surface area (Å²) in [7, 11) is 0. The van der Waals surface area contributed by atoms with Gasteiger partial charge in [-0.25, -0.2) is 0 Å². The van der Waals surface area contributed by atoms with Crippen LogP contribution in [0.15, 0.2) is 0 Å². The largest absolute Gasteiger partial charge is 0.435 e. The van der Waals surface area contributed by atoms with Gasteiger partial charge in [-0.3, -0.25) is 9.48 Å². The highest BCUT2D eigenvalue weighted by molar-refractivity contribution is 5.76. The maximum Gasteiger partial charge on any atom is 0.435 e. The third kappa shape index (κ3) is 3.43. The van der Waals surface area contributed by atoms with Gasteiger partial charge in [-0.05, 0) is 39.5 Å². The Morgan fingerprint density at radius 3 is 2.67 bits per heavy atom. The van der Waals surface area contributed by atoms with Crippen LogP contribution in [0.1, 0.15) is 43.6 Å². The van der Waals surface area contributed by atoms with Crippen molar-refractivity contribution < 1.29 is 18.0 Å². The first-order valence-electron chi connectivity index (χ1n) is 8.36. The molecule has 134 valence electrons. The molecule has 1 N–H and O–H groups in total. The molecule has 2 heterocycles. The van der Waals surface area contributed by atoms with Crippen LogP contribution < -0.4 is 5.32 Å². The number of carbonyl (C=O) groups excluding carboxylic acids is 1. The lowest BCUT2D eigenvalue weighted by Crippen LogP contribution is -2.58. The van der Waals surface area contributed by atoms with Crippen LogP contribution in [0.5, 0.6) is 0 Å². The number of alkyl halides is 3. The molecule has 1 saturated heterocycles. The SMILES string of the molecule is CC1(C)CN(C(=O)Cn2nc(C(F)(F)F)c3c2CCCC3)CCN1. The van der Waals surface area contributed by atoms with Crippen molar-refractivity contribution in [2.24, 2.45) is 0 Å². The first-order valence-corrected chi connectivity index (χ1v) is 8.36. The molecule has 5 nitrogen and oxygen atoms in total. The molecule has 8 heteroatoms. The molecule has 3 rings (SSSR count). The second-order valence-electron chi connectivity index (χ2n) is 7.26. The van der Waals surface area contributed by atoms with Gasteiger partial charge in [0.25, 0.3) is 0 Å². The van der Waals surface area contributed by atoms with Gasteiger partial charge < -0.3 is 10.2 Å². The fraction of sp³-hybridized carbons (Fsp3) is 0.750. The molecule has 1 aromatic heterocycles. The molecule has 0 atom stereocenters. The zero-order valence-electron chi connectivity index (χ0n) is 14.0. The van der Waals surface area contributed by atoms with Crippen LogP contribution in [0, 0.1) is 0 Å². The number of amides is 1. The number of halogens is 3. The normalized spacial score (nSPS) is 20.8. The number of nitrogens with one attached hydrogen (secondary N) is 1. The van der Waals surface area contributed by atoms with Gasteiger partial charge in [-0.1, -0.05) is 0 Å². The highest BCUT2D eigenvalue weighted by Crippen LogP contribution is 2.35. The Morgan fingerprint density at radius 2 is 2.00 bits per heavy atom. The Labute approximate surface area is 139 Å². The Morgan fingerprint density at radius 1 is 1.29 bits per heavy atom. The summed E-state index contributed by atoms with van der Waals surface area (Å²) >= 11 is 0. The third-order valence-electron chi connectivity index (χ3n) is 4.73. The lowest BCUT2D eigenvalue weighted by molar-refractivity contribution is -0.142. The van der Waals surface area contributed by atoms with Gasteiger partial charge >= 0.3 is 6.18 Å². The van der Waals surface area contributed by atoms with E-state index < -0.39 is 11.9 Å². The molecular weight excluding hydrogens is 321 g/mol. The van der Waals surface area contributed by atoms with E-state index in [9.17, 15) is 18.0 Å². The number of hydrogen-bond donors (Lipinski definition) is 1. The van der Waals surface area contributed by atoms with E-state index >= 15 is 0 Å². The average Bonchev–Trinajstić information content (AvgIpc) is 2.85. The molecule has 0 spiro atoms. The second-order valence-corrected chi connectivity index (χ2v) is 7.26. The summed E-state index contributed by atoms with van der Waals surface area (Å²) in [6.07, 6.45) is -1.95. The summed E-state index contributed by atoms with van der Waals surface area (Å²) in [6.45, 7) is 5.69. The monoisotopic (exact) mass is 344 g/mol. The first-order chi connectivity index (χ1) is 11.2. The highest BCUT2D eigenvalue weighted by atomic mass is 19.4. The van der Waals surface area contributed by atoms with Gasteiger partial charge in [0.15, 0.2) is 5.69 Å². The van der Waals surface area contributed by atoms with E-state index in [1.807, 2.05) is 13.8 Å². The number of piperazine rings is 1. The number of aromatic nitrogens is 2. The molecule has 24 heavy (non-hydrogen) atoms. The number of nitrogens with zero attached hydrogens (tertiary/aromatic N) is 3. The Bertz CT molecular complexity index is 636. The van der Waals surface area contributed by atoms with E-state index in [1.165, 1.54) is 4.68 Å². The van der Waals surface area contributed by atoms with Crippen molar-refractivity contribution in [3.63, 3.8) is 0 Å². The van der Waals surface area contributed by atoms with Crippen molar-refractivity contribution in [3.05, 3.63) is 17.0 Å². The molecule has 1 amide bonds. The number of carbonyl (C=O) groups is 1. The predicted octanol–water partition coefficient (Wildman–Crippen LogP) is 1.99. The van der Waals surface area contributed by atoms with Crippen LogP contribution in [0.2, 0.25) is 0 Å². The van der Waals surface area contributed by atoms with Crippen LogP contribution in [0.25, 0.3) is 0 Å². The number of rotatable bonds is 2. The molecule has 1 aliphatic heterocycles. The van der Waals surface area contributed by atoms with Gasteiger partial charge in [0.05, 0.1) is 0 Å². The fourth-order valence-corrected chi connectivity index (χ4v) is 3.61. The van der Waals surface area contributed by atoms with E-state index in [0.717, 1.165) is 12.8 Å². The fourth-order valence-electron chi connectivity index (χ4n) is 3.61. The molecule has 0 aromatic carbocycles. The zero-order valence-corrected chi connectivity index (χ0v) is 14.0. The minimum Gasteiger partial charge on any atom is -0.338 e. The third-order valence-corrected chi connectivity index (χ3v) is 4.73. The van der Waals surface area contributed by atoms with Gasteiger partial charge in [0, 0.05) is 36.4 Å². The zero-order chi connectivity index (χ0) is 17.5. The Balaban J connectivity index is 1.82. The van der Waals surface area contributed by atoms with E-state index in [2.05, 4.69) is 10.4 Å². The number of hydrogen-bond acceptors (Lipinski definition) is 3. The minimum absolute atomic E-state index is 0.117. The van der Waals surface area contributed by atoms with E-state index in [0.29, 0.717) is 38.2 Å². The minimum atomic E-state index is -4.47. The molecule has 2 aliphatic rings. The first kappa shape index (κ1) is 17.3. The van der Waals surface area contributed by atoms with E-state index in [1.54, 1.807) is 4.90 Å². The Kier molecular flexibility index (Phi) is 4.36. The molecule has 0 bridgehead atoms. The summed E-state index contributed by atoms with van der Waals surface area (Å²) in [5.41, 5.74) is -0.140. The number of fused-ring (bicyclic) bond motifs is 1. The van der Waals surface area contributed by atoms with Crippen LogP contribution in [-0.2, 0) is 30.4 Å². The van der Waals surface area contributed by atoms with Crippen molar-refractivity contribution in [1.82, 2.24) is 20.0 Å². The van der Waals surface area contributed by atoms with Gasteiger partial charge in [0.2, 0.25) is 5.91 Å². The molecule has 0 unspecified atom stereocenters. The van der Waals surface area contributed by atoms with E-state index in [-0.39, 0.29) is 23.6 Å². The maximum absolute atomic E-state index is 13.2. The van der Waals surface area contributed by atoms with E-state index in [4.69, 9.17) is 0 Å². The smallest absolute Gasteiger partial charge is 0.338 e. The molecule has 1 aliphatic carbocycles. The van der Waals surface area contributed by atoms with Crippen LogP contribution in [-0.4, -0.2) is 45.8 Å². The van der Waals surface area contributed by atoms with Crippen molar-refractivity contribution in [2.45, 2.75) is 57.8 Å². The topological polar surface area (TPSA) is 50.2 Å². The summed E-state index contributed by atoms with van der Waals surface area (Å²) in [5, 5.41) is 7.08. The van der Waals surface area contributed by atoms with Crippen LogP contribution >= 0.6 is 0 Å². The second kappa shape index (κ2) is 6.06. The van der Waals surface area contributed by atoms with Crippen LogP contribution in [0.4, 0.5) is 13.2 Å². The summed E-state index contributed by atoms with van der Waals surface area (Å²) in [6, 6.07) is 0. The van der Waals surface area contributed by atoms with Crippen molar-refractivity contribution in [1.29, 1.82) is 0 Å². The molecule has 0 radical (unpaired) electrons. The highest BCUT2D eigenvalue weighted by Gasteiger charge is 2.40. The van der Waals surface area contributed by atoms with Gasteiger partial charge in [0.1, 0.15) is 6.54 Å². The van der Waals surface area contributed by atoms with Crippen molar-refractivity contribution in [3.8, 4) is 0 Å². The van der Waals surface area contributed by atoms with Gasteiger partial charge in [-0.15, -0.1) is 0 Å². The average molecular weight is 344 g/mol. The molecule has 0 saturated carbocycles. The Hall–Kier alpha value is -1.57. The molecule has 1 fully saturated rings. The summed E-state index contributed by atoms with van der Waals surface area (Å²) in [4.78, 5) is 14.3. The molecule has 1 aromatic rings. The van der Waals surface area contributed by atoms with Crippen molar-refractivity contribution in [2.75, 3.05) is 19.6 Å². The maximum atomic E-state index is 13.2. The molecular formula is C16H23F3N4O. The van der Waals surface area contributed by atoms with Crippen molar-refractivity contribution >= 4 is 5.91 Å². The quantitative estimate of drug-likeness (QED) is 0.893. The summed E-state index contributed by atoms with van der Waals surface area (Å²) in [5.74, 6) is -0.172.